The van der Waals surface area contributed by atoms with Crippen molar-refractivity contribution in [1.82, 2.24) is 9.88 Å². The molecule has 0 spiro atoms. The van der Waals surface area contributed by atoms with Crippen LogP contribution in [0.15, 0.2) is 47.8 Å². The van der Waals surface area contributed by atoms with E-state index < -0.39 is 11.6 Å². The van der Waals surface area contributed by atoms with Gasteiger partial charge in [0.25, 0.3) is 5.91 Å². The summed E-state index contributed by atoms with van der Waals surface area (Å²) >= 11 is 1.25. The molecule has 1 amide bonds. The summed E-state index contributed by atoms with van der Waals surface area (Å²) in [5.41, 5.74) is 0.421. The van der Waals surface area contributed by atoms with Gasteiger partial charge in [-0.1, -0.05) is 6.07 Å². The van der Waals surface area contributed by atoms with Crippen LogP contribution in [0.1, 0.15) is 21.1 Å². The molecule has 0 aliphatic heterocycles. The SMILES string of the molecule is CN(Cc1ccc(F)cc1F)C(=O)c1csc(COc2ccc(F)cc2)n1. The van der Waals surface area contributed by atoms with E-state index in [0.29, 0.717) is 10.8 Å². The van der Waals surface area contributed by atoms with E-state index in [1.165, 1.54) is 53.6 Å². The van der Waals surface area contributed by atoms with Gasteiger partial charge >= 0.3 is 0 Å². The quantitative estimate of drug-likeness (QED) is 0.624. The molecule has 1 aromatic heterocycles. The van der Waals surface area contributed by atoms with Crippen LogP contribution < -0.4 is 4.74 Å². The highest BCUT2D eigenvalue weighted by molar-refractivity contribution is 7.09. The van der Waals surface area contributed by atoms with Crippen molar-refractivity contribution in [2.75, 3.05) is 7.05 Å². The maximum atomic E-state index is 13.7. The molecule has 0 fully saturated rings. The predicted octanol–water partition coefficient (Wildman–Crippen LogP) is 4.41. The van der Waals surface area contributed by atoms with Crippen LogP contribution in [-0.2, 0) is 13.2 Å². The Hall–Kier alpha value is -2.87. The number of carbonyl (C=O) groups excluding carboxylic acids is 1. The lowest BCUT2D eigenvalue weighted by Crippen LogP contribution is -2.27. The summed E-state index contributed by atoms with van der Waals surface area (Å²) in [6, 6.07) is 8.80. The molecular formula is C19H15F3N2O2S. The summed E-state index contributed by atoms with van der Waals surface area (Å²) < 4.78 is 45.1. The van der Waals surface area contributed by atoms with Crippen LogP contribution in [0.2, 0.25) is 0 Å². The molecular weight excluding hydrogens is 377 g/mol. The zero-order valence-electron chi connectivity index (χ0n) is 14.3. The Kier molecular flexibility index (Phi) is 5.75. The third-order valence-corrected chi connectivity index (χ3v) is 4.54. The highest BCUT2D eigenvalue weighted by atomic mass is 32.1. The molecule has 4 nitrogen and oxygen atoms in total. The number of hydrogen-bond acceptors (Lipinski definition) is 4. The molecule has 0 aliphatic carbocycles. The zero-order valence-corrected chi connectivity index (χ0v) is 15.1. The molecule has 2 aromatic carbocycles. The van der Waals surface area contributed by atoms with Crippen LogP contribution in [0.5, 0.6) is 5.75 Å². The van der Waals surface area contributed by atoms with Crippen LogP contribution in [0.25, 0.3) is 0 Å². The standard InChI is InChI=1S/C19H15F3N2O2S/c1-24(9-12-2-3-14(21)8-16(12)22)19(25)17-11-27-18(23-17)10-26-15-6-4-13(20)5-7-15/h2-8,11H,9-10H2,1H3. The fourth-order valence-corrected chi connectivity index (χ4v) is 3.00. The molecule has 1 heterocycles. The monoisotopic (exact) mass is 392 g/mol. The fraction of sp³-hybridized carbons (Fsp3) is 0.158. The number of thiazole rings is 1. The van der Waals surface area contributed by atoms with Gasteiger partial charge in [0.05, 0.1) is 0 Å². The van der Waals surface area contributed by atoms with Crippen LogP contribution >= 0.6 is 11.3 Å². The molecule has 140 valence electrons. The predicted molar refractivity (Wildman–Crippen MR) is 95.0 cm³/mol. The number of nitrogens with zero attached hydrogens (tertiary/aromatic N) is 2. The fourth-order valence-electron chi connectivity index (χ4n) is 2.32. The first-order valence-electron chi connectivity index (χ1n) is 7.94. The summed E-state index contributed by atoms with van der Waals surface area (Å²) in [4.78, 5) is 18.0. The Morgan fingerprint density at radius 1 is 1.11 bits per heavy atom. The summed E-state index contributed by atoms with van der Waals surface area (Å²) in [7, 11) is 1.51. The number of benzene rings is 2. The van der Waals surface area contributed by atoms with E-state index in [1.807, 2.05) is 0 Å². The first kappa shape index (κ1) is 18.9. The number of halogens is 3. The van der Waals surface area contributed by atoms with Gasteiger partial charge in [0.2, 0.25) is 0 Å². The lowest BCUT2D eigenvalue weighted by molar-refractivity contribution is 0.0778. The number of ether oxygens (including phenoxy) is 1. The van der Waals surface area contributed by atoms with E-state index in [2.05, 4.69) is 4.98 Å². The minimum Gasteiger partial charge on any atom is -0.486 e. The van der Waals surface area contributed by atoms with Crippen molar-refractivity contribution in [3.05, 3.63) is 81.6 Å². The van der Waals surface area contributed by atoms with Gasteiger partial charge in [-0.2, -0.15) is 0 Å². The van der Waals surface area contributed by atoms with Gasteiger partial charge in [-0.3, -0.25) is 4.79 Å². The lowest BCUT2D eigenvalue weighted by atomic mass is 10.2. The van der Waals surface area contributed by atoms with Gasteiger partial charge in [-0.25, -0.2) is 18.2 Å². The van der Waals surface area contributed by atoms with Crippen molar-refractivity contribution in [1.29, 1.82) is 0 Å². The van der Waals surface area contributed by atoms with Crippen LogP contribution in [-0.4, -0.2) is 22.8 Å². The van der Waals surface area contributed by atoms with Gasteiger partial charge < -0.3 is 9.64 Å². The smallest absolute Gasteiger partial charge is 0.273 e. The maximum Gasteiger partial charge on any atom is 0.273 e. The second-order valence-electron chi connectivity index (χ2n) is 5.77. The normalized spacial score (nSPS) is 10.7. The summed E-state index contributed by atoms with van der Waals surface area (Å²) in [6.45, 7) is 0.129. The second-order valence-corrected chi connectivity index (χ2v) is 6.71. The van der Waals surface area contributed by atoms with Crippen molar-refractivity contribution >= 4 is 17.2 Å². The largest absolute Gasteiger partial charge is 0.486 e. The Bertz CT molecular complexity index is 944. The second kappa shape index (κ2) is 8.22. The molecule has 27 heavy (non-hydrogen) atoms. The van der Waals surface area contributed by atoms with Crippen molar-refractivity contribution in [3.8, 4) is 5.75 Å². The van der Waals surface area contributed by atoms with E-state index in [4.69, 9.17) is 4.74 Å². The molecule has 0 unspecified atom stereocenters. The van der Waals surface area contributed by atoms with E-state index >= 15 is 0 Å². The summed E-state index contributed by atoms with van der Waals surface area (Å²) in [5, 5.41) is 2.16. The van der Waals surface area contributed by atoms with Gasteiger partial charge in [-0.05, 0) is 30.3 Å². The first-order chi connectivity index (χ1) is 12.9. The third-order valence-electron chi connectivity index (χ3n) is 3.72. The van der Waals surface area contributed by atoms with Crippen molar-refractivity contribution in [2.45, 2.75) is 13.2 Å². The molecule has 0 radical (unpaired) electrons. The highest BCUT2D eigenvalue weighted by Gasteiger charge is 2.17. The molecule has 0 saturated carbocycles. The van der Waals surface area contributed by atoms with Crippen molar-refractivity contribution < 1.29 is 22.7 Å². The molecule has 3 rings (SSSR count). The van der Waals surface area contributed by atoms with Gasteiger partial charge in [0.1, 0.15) is 40.5 Å². The number of aromatic nitrogens is 1. The minimum atomic E-state index is -0.707. The number of carbonyl (C=O) groups is 1. The molecule has 0 bridgehead atoms. The number of rotatable bonds is 6. The first-order valence-corrected chi connectivity index (χ1v) is 8.82. The molecule has 0 N–H and O–H groups in total. The van der Waals surface area contributed by atoms with E-state index in [1.54, 1.807) is 5.38 Å². The highest BCUT2D eigenvalue weighted by Crippen LogP contribution is 2.18. The lowest BCUT2D eigenvalue weighted by Gasteiger charge is -2.16. The topological polar surface area (TPSA) is 42.4 Å². The van der Waals surface area contributed by atoms with E-state index in [9.17, 15) is 18.0 Å². The Labute approximate surface area is 157 Å². The Morgan fingerprint density at radius 3 is 2.52 bits per heavy atom. The minimum absolute atomic E-state index is 0.0100. The Balaban J connectivity index is 1.60. The molecule has 8 heteroatoms. The van der Waals surface area contributed by atoms with Crippen LogP contribution in [0, 0.1) is 17.5 Å². The molecule has 0 saturated heterocycles. The van der Waals surface area contributed by atoms with Crippen LogP contribution in [0.3, 0.4) is 0 Å². The number of amides is 1. The van der Waals surface area contributed by atoms with E-state index in [-0.39, 0.29) is 36.1 Å². The van der Waals surface area contributed by atoms with Gasteiger partial charge in [0, 0.05) is 30.6 Å². The third kappa shape index (κ3) is 4.85. The van der Waals surface area contributed by atoms with Gasteiger partial charge in [-0.15, -0.1) is 11.3 Å². The van der Waals surface area contributed by atoms with Crippen molar-refractivity contribution in [3.63, 3.8) is 0 Å². The summed E-state index contributed by atoms with van der Waals surface area (Å²) in [5.74, 6) is -1.63. The zero-order chi connectivity index (χ0) is 19.4. The van der Waals surface area contributed by atoms with Crippen LogP contribution in [0.4, 0.5) is 13.2 Å². The molecule has 3 aromatic rings. The number of hydrogen-bond donors (Lipinski definition) is 0. The van der Waals surface area contributed by atoms with Gasteiger partial charge in [0.15, 0.2) is 0 Å². The average molecular weight is 392 g/mol. The summed E-state index contributed by atoms with van der Waals surface area (Å²) in [6.07, 6.45) is 0. The van der Waals surface area contributed by atoms with E-state index in [0.717, 1.165) is 12.1 Å². The average Bonchev–Trinajstić information content (AvgIpc) is 3.12. The Morgan fingerprint density at radius 2 is 1.81 bits per heavy atom. The van der Waals surface area contributed by atoms with Crippen molar-refractivity contribution in [2.24, 2.45) is 0 Å². The maximum absolute atomic E-state index is 13.7. The molecule has 0 aliphatic rings. The molecule has 0 atom stereocenters.